The molecule has 0 heterocycles. The number of rotatable bonds is 4. The van der Waals surface area contributed by atoms with Crippen LogP contribution in [0.1, 0.15) is 0 Å². The number of fused-ring (bicyclic) bond motifs is 4. The average molecular weight is 500 g/mol. The van der Waals surface area contributed by atoms with Crippen molar-refractivity contribution < 1.29 is 10.0 Å². The van der Waals surface area contributed by atoms with Crippen molar-refractivity contribution >= 4 is 44.9 Å². The van der Waals surface area contributed by atoms with Gasteiger partial charge in [0.05, 0.1) is 0 Å². The van der Waals surface area contributed by atoms with Gasteiger partial charge in [-0.05, 0) is 83.3 Å². The Bertz CT molecular complexity index is 1970. The van der Waals surface area contributed by atoms with E-state index in [1.165, 1.54) is 5.39 Å². The molecule has 0 atom stereocenters. The molecule has 0 radical (unpaired) electrons. The predicted octanol–water partition coefficient (Wildman–Crippen LogP) is 7.83. The second-order valence-corrected chi connectivity index (χ2v) is 9.92. The van der Waals surface area contributed by atoms with Gasteiger partial charge in [0.25, 0.3) is 0 Å². The molecule has 0 fully saturated rings. The maximum absolute atomic E-state index is 11.0. The highest BCUT2D eigenvalue weighted by molar-refractivity contribution is 6.65. The molecule has 0 unspecified atom stereocenters. The van der Waals surface area contributed by atoms with Crippen molar-refractivity contribution in [1.82, 2.24) is 0 Å². The van der Waals surface area contributed by atoms with E-state index in [1.807, 2.05) is 54.6 Å². The molecule has 0 aromatic heterocycles. The molecule has 3 heteroatoms. The summed E-state index contributed by atoms with van der Waals surface area (Å²) >= 11 is 0. The first-order valence-electron chi connectivity index (χ1n) is 13.2. The summed E-state index contributed by atoms with van der Waals surface area (Å²) in [6, 6.07) is 47.8. The molecule has 0 amide bonds. The van der Waals surface area contributed by atoms with E-state index < -0.39 is 7.12 Å². The van der Waals surface area contributed by atoms with E-state index in [0.29, 0.717) is 5.46 Å². The third-order valence-corrected chi connectivity index (χ3v) is 7.64. The van der Waals surface area contributed by atoms with Crippen LogP contribution in [0.15, 0.2) is 140 Å². The van der Waals surface area contributed by atoms with Gasteiger partial charge in [0.1, 0.15) is 0 Å². The molecular formula is C36H25BO2. The third kappa shape index (κ3) is 3.92. The number of benzene rings is 7. The Morgan fingerprint density at radius 2 is 0.872 bits per heavy atom. The van der Waals surface area contributed by atoms with Crippen LogP contribution in [0.4, 0.5) is 0 Å². The van der Waals surface area contributed by atoms with Gasteiger partial charge in [-0.3, -0.25) is 0 Å². The molecule has 0 spiro atoms. The fourth-order valence-corrected chi connectivity index (χ4v) is 5.99. The molecule has 2 nitrogen and oxygen atoms in total. The lowest BCUT2D eigenvalue weighted by Crippen LogP contribution is -2.33. The van der Waals surface area contributed by atoms with Crippen LogP contribution in [0.5, 0.6) is 0 Å². The Hall–Kier alpha value is -4.70. The summed E-state index contributed by atoms with van der Waals surface area (Å²) < 4.78 is 0. The van der Waals surface area contributed by atoms with Crippen molar-refractivity contribution in [2.45, 2.75) is 0 Å². The SMILES string of the molecule is OB(O)c1c(-c2ccccc2)c(-c2ccccc2)c(-c2ccccc2)c2c1ccc1cc3ccccc3cc12. The van der Waals surface area contributed by atoms with E-state index in [9.17, 15) is 10.0 Å². The van der Waals surface area contributed by atoms with Gasteiger partial charge in [-0.1, -0.05) is 127 Å². The quantitative estimate of drug-likeness (QED) is 0.147. The van der Waals surface area contributed by atoms with Crippen molar-refractivity contribution in [3.05, 3.63) is 140 Å². The fourth-order valence-electron chi connectivity index (χ4n) is 5.99. The highest BCUT2D eigenvalue weighted by Crippen LogP contribution is 2.46. The second kappa shape index (κ2) is 9.56. The molecule has 39 heavy (non-hydrogen) atoms. The van der Waals surface area contributed by atoms with Gasteiger partial charge in [-0.15, -0.1) is 0 Å². The number of hydrogen-bond acceptors (Lipinski definition) is 2. The summed E-state index contributed by atoms with van der Waals surface area (Å²) in [7, 11) is -1.66. The molecule has 0 aliphatic heterocycles. The normalized spacial score (nSPS) is 11.3. The summed E-state index contributed by atoms with van der Waals surface area (Å²) in [6.45, 7) is 0. The molecule has 0 saturated heterocycles. The lowest BCUT2D eigenvalue weighted by molar-refractivity contribution is 0.426. The van der Waals surface area contributed by atoms with Crippen LogP contribution < -0.4 is 5.46 Å². The van der Waals surface area contributed by atoms with Crippen molar-refractivity contribution in [2.75, 3.05) is 0 Å². The van der Waals surface area contributed by atoms with Gasteiger partial charge in [-0.25, -0.2) is 0 Å². The molecule has 184 valence electrons. The summed E-state index contributed by atoms with van der Waals surface area (Å²) in [6.07, 6.45) is 0. The maximum Gasteiger partial charge on any atom is 0.489 e. The second-order valence-electron chi connectivity index (χ2n) is 9.92. The summed E-state index contributed by atoms with van der Waals surface area (Å²) in [5, 5.41) is 28.4. The van der Waals surface area contributed by atoms with Crippen LogP contribution in [-0.4, -0.2) is 17.2 Å². The van der Waals surface area contributed by atoms with Crippen molar-refractivity contribution in [2.24, 2.45) is 0 Å². The standard InChI is InChI=1S/C36H25BO2/c38-37(39)36-30-21-20-29-22-27-18-10-11-19-28(27)23-31(29)35(30)33(25-14-6-2-7-15-25)32(24-12-4-1-5-13-24)34(36)26-16-8-3-9-17-26/h1-23,38-39H. The number of hydrogen-bond donors (Lipinski definition) is 2. The first-order chi connectivity index (χ1) is 19.2. The Morgan fingerprint density at radius 1 is 0.385 bits per heavy atom. The monoisotopic (exact) mass is 500 g/mol. The fraction of sp³-hybridized carbons (Fsp3) is 0. The topological polar surface area (TPSA) is 40.5 Å². The maximum atomic E-state index is 11.0. The Morgan fingerprint density at radius 3 is 1.44 bits per heavy atom. The predicted molar refractivity (Wildman–Crippen MR) is 165 cm³/mol. The van der Waals surface area contributed by atoms with Gasteiger partial charge in [-0.2, -0.15) is 0 Å². The van der Waals surface area contributed by atoms with Crippen molar-refractivity contribution in [3.8, 4) is 33.4 Å². The molecule has 0 bridgehead atoms. The lowest BCUT2D eigenvalue weighted by Gasteiger charge is -2.25. The van der Waals surface area contributed by atoms with Crippen LogP contribution >= 0.6 is 0 Å². The largest absolute Gasteiger partial charge is 0.489 e. The molecule has 7 aromatic carbocycles. The first kappa shape index (κ1) is 23.4. The molecule has 0 aliphatic carbocycles. The minimum Gasteiger partial charge on any atom is -0.423 e. The van der Waals surface area contributed by atoms with Gasteiger partial charge >= 0.3 is 7.12 Å². The molecule has 7 aromatic rings. The first-order valence-corrected chi connectivity index (χ1v) is 13.2. The van der Waals surface area contributed by atoms with Crippen LogP contribution in [0.2, 0.25) is 0 Å². The zero-order valence-electron chi connectivity index (χ0n) is 21.3. The molecule has 0 saturated carbocycles. The highest BCUT2D eigenvalue weighted by atomic mass is 16.4. The highest BCUT2D eigenvalue weighted by Gasteiger charge is 2.29. The van der Waals surface area contributed by atoms with E-state index in [0.717, 1.165) is 60.3 Å². The third-order valence-electron chi connectivity index (χ3n) is 7.64. The zero-order chi connectivity index (χ0) is 26.3. The Labute approximate surface area is 227 Å². The van der Waals surface area contributed by atoms with Gasteiger partial charge in [0, 0.05) is 0 Å². The molecule has 0 aliphatic rings. The van der Waals surface area contributed by atoms with Gasteiger partial charge in [0.15, 0.2) is 0 Å². The Kier molecular flexibility index (Phi) is 5.74. The van der Waals surface area contributed by atoms with E-state index >= 15 is 0 Å². The molecule has 7 rings (SSSR count). The van der Waals surface area contributed by atoms with Crippen molar-refractivity contribution in [3.63, 3.8) is 0 Å². The minimum absolute atomic E-state index is 0.518. The summed E-state index contributed by atoms with van der Waals surface area (Å²) in [4.78, 5) is 0. The van der Waals surface area contributed by atoms with E-state index in [4.69, 9.17) is 0 Å². The smallest absolute Gasteiger partial charge is 0.423 e. The van der Waals surface area contributed by atoms with E-state index in [2.05, 4.69) is 84.9 Å². The lowest BCUT2D eigenvalue weighted by atomic mass is 9.68. The van der Waals surface area contributed by atoms with Crippen molar-refractivity contribution in [1.29, 1.82) is 0 Å². The van der Waals surface area contributed by atoms with Crippen LogP contribution in [0.25, 0.3) is 65.7 Å². The van der Waals surface area contributed by atoms with Crippen LogP contribution in [0, 0.1) is 0 Å². The van der Waals surface area contributed by atoms with E-state index in [-0.39, 0.29) is 0 Å². The minimum atomic E-state index is -1.66. The average Bonchev–Trinajstić information content (AvgIpc) is 3.00. The van der Waals surface area contributed by atoms with Crippen LogP contribution in [0.3, 0.4) is 0 Å². The zero-order valence-corrected chi connectivity index (χ0v) is 21.3. The Balaban J connectivity index is 1.80. The van der Waals surface area contributed by atoms with E-state index in [1.54, 1.807) is 0 Å². The van der Waals surface area contributed by atoms with Gasteiger partial charge in [0.2, 0.25) is 0 Å². The summed E-state index contributed by atoms with van der Waals surface area (Å²) in [5.74, 6) is 0. The van der Waals surface area contributed by atoms with Crippen LogP contribution in [-0.2, 0) is 0 Å². The van der Waals surface area contributed by atoms with Gasteiger partial charge < -0.3 is 10.0 Å². The molecular weight excluding hydrogens is 475 g/mol. The molecule has 2 N–H and O–H groups in total. The summed E-state index contributed by atoms with van der Waals surface area (Å²) in [5.41, 5.74) is 6.48.